The van der Waals surface area contributed by atoms with E-state index < -0.39 is 10.0 Å². The van der Waals surface area contributed by atoms with E-state index in [9.17, 15) is 8.42 Å². The summed E-state index contributed by atoms with van der Waals surface area (Å²) in [7, 11) is -3.38. The van der Waals surface area contributed by atoms with Gasteiger partial charge in [-0.2, -0.15) is 4.72 Å². The second-order valence-electron chi connectivity index (χ2n) is 4.44. The Morgan fingerprint density at radius 3 is 2.82 bits per heavy atom. The van der Waals surface area contributed by atoms with Crippen LogP contribution in [0.4, 0.5) is 5.69 Å². The molecule has 2 atom stereocenters. The molecule has 0 spiro atoms. The van der Waals surface area contributed by atoms with E-state index in [4.69, 9.17) is 0 Å². The van der Waals surface area contributed by atoms with Crippen molar-refractivity contribution in [3.63, 3.8) is 0 Å². The highest BCUT2D eigenvalue weighted by atomic mass is 32.2. The maximum atomic E-state index is 12.1. The van der Waals surface area contributed by atoms with Crippen LogP contribution in [0.3, 0.4) is 0 Å². The number of hydrogen-bond acceptors (Lipinski definition) is 4. The van der Waals surface area contributed by atoms with Gasteiger partial charge < -0.3 is 10.6 Å². The number of anilines is 1. The van der Waals surface area contributed by atoms with Crippen LogP contribution in [0.15, 0.2) is 29.2 Å². The summed E-state index contributed by atoms with van der Waals surface area (Å²) in [6.45, 7) is 0.951. The Balaban J connectivity index is 1.96. The SMILES string of the molecule is O=S1(=O)N[C@@H]([C@H]2CCCN2)Nc2ccccc21. The van der Waals surface area contributed by atoms with Gasteiger partial charge in [-0.3, -0.25) is 0 Å². The van der Waals surface area contributed by atoms with Crippen molar-refractivity contribution in [1.82, 2.24) is 10.0 Å². The van der Waals surface area contributed by atoms with Crippen molar-refractivity contribution in [3.05, 3.63) is 24.3 Å². The highest BCUT2D eigenvalue weighted by Gasteiger charge is 2.34. The summed E-state index contributed by atoms with van der Waals surface area (Å²) in [5, 5.41) is 6.55. The Kier molecular flexibility index (Phi) is 2.57. The van der Waals surface area contributed by atoms with Crippen LogP contribution in [0.25, 0.3) is 0 Å². The first-order valence-corrected chi connectivity index (χ1v) is 7.26. The van der Waals surface area contributed by atoms with Gasteiger partial charge in [-0.15, -0.1) is 0 Å². The first-order chi connectivity index (χ1) is 8.17. The van der Waals surface area contributed by atoms with Crippen LogP contribution in [-0.4, -0.2) is 27.2 Å². The number of sulfonamides is 1. The molecule has 1 saturated heterocycles. The summed E-state index contributed by atoms with van der Waals surface area (Å²) < 4.78 is 26.8. The molecule has 0 saturated carbocycles. The van der Waals surface area contributed by atoms with Gasteiger partial charge in [0.2, 0.25) is 10.0 Å². The summed E-state index contributed by atoms with van der Waals surface area (Å²) in [5.41, 5.74) is 0.685. The van der Waals surface area contributed by atoms with E-state index in [0.717, 1.165) is 19.4 Å². The van der Waals surface area contributed by atoms with Crippen LogP contribution >= 0.6 is 0 Å². The molecular formula is C11H15N3O2S. The van der Waals surface area contributed by atoms with Gasteiger partial charge in [0, 0.05) is 6.04 Å². The van der Waals surface area contributed by atoms with Gasteiger partial charge in [-0.25, -0.2) is 8.42 Å². The molecule has 0 aliphatic carbocycles. The van der Waals surface area contributed by atoms with Gasteiger partial charge in [0.1, 0.15) is 11.1 Å². The predicted octanol–water partition coefficient (Wildman–Crippen LogP) is 0.468. The molecule has 0 aromatic heterocycles. The van der Waals surface area contributed by atoms with E-state index in [2.05, 4.69) is 15.4 Å². The van der Waals surface area contributed by atoms with E-state index in [0.29, 0.717) is 10.6 Å². The quantitative estimate of drug-likeness (QED) is 0.680. The van der Waals surface area contributed by atoms with Crippen LogP contribution in [0.5, 0.6) is 0 Å². The molecule has 2 aliphatic rings. The lowest BCUT2D eigenvalue weighted by molar-refractivity contribution is 0.472. The second-order valence-corrected chi connectivity index (χ2v) is 6.12. The van der Waals surface area contributed by atoms with Crippen molar-refractivity contribution in [3.8, 4) is 0 Å². The zero-order chi connectivity index (χ0) is 11.9. The molecule has 0 unspecified atom stereocenters. The van der Waals surface area contributed by atoms with E-state index in [1.807, 2.05) is 6.07 Å². The minimum atomic E-state index is -3.38. The molecule has 1 fully saturated rings. The maximum absolute atomic E-state index is 12.1. The molecule has 17 heavy (non-hydrogen) atoms. The molecule has 92 valence electrons. The zero-order valence-corrected chi connectivity index (χ0v) is 10.1. The van der Waals surface area contributed by atoms with Crippen molar-refractivity contribution in [2.24, 2.45) is 0 Å². The van der Waals surface area contributed by atoms with Gasteiger partial charge >= 0.3 is 0 Å². The van der Waals surface area contributed by atoms with Crippen molar-refractivity contribution in [2.45, 2.75) is 29.9 Å². The zero-order valence-electron chi connectivity index (χ0n) is 9.31. The van der Waals surface area contributed by atoms with E-state index in [1.165, 1.54) is 0 Å². The molecule has 1 aromatic carbocycles. The smallest absolute Gasteiger partial charge is 0.244 e. The first kappa shape index (κ1) is 11.0. The minimum absolute atomic E-state index is 0.165. The Morgan fingerprint density at radius 1 is 1.24 bits per heavy atom. The molecule has 0 bridgehead atoms. The maximum Gasteiger partial charge on any atom is 0.244 e. The molecular weight excluding hydrogens is 238 g/mol. The lowest BCUT2D eigenvalue weighted by Crippen LogP contribution is -2.54. The number of hydrogen-bond donors (Lipinski definition) is 3. The molecule has 3 N–H and O–H groups in total. The normalized spacial score (nSPS) is 30.6. The average molecular weight is 253 g/mol. The van der Waals surface area contributed by atoms with Crippen LogP contribution in [0.1, 0.15) is 12.8 Å². The first-order valence-electron chi connectivity index (χ1n) is 5.78. The summed E-state index contributed by atoms with van der Waals surface area (Å²) >= 11 is 0. The Bertz CT molecular complexity index is 523. The second kappa shape index (κ2) is 3.97. The van der Waals surface area contributed by atoms with Crippen molar-refractivity contribution < 1.29 is 8.42 Å². The highest BCUT2D eigenvalue weighted by Crippen LogP contribution is 2.27. The number of fused-ring (bicyclic) bond motifs is 1. The van der Waals surface area contributed by atoms with E-state index >= 15 is 0 Å². The molecule has 0 amide bonds. The third-order valence-corrected chi connectivity index (χ3v) is 4.77. The molecule has 0 radical (unpaired) electrons. The van der Waals surface area contributed by atoms with Crippen molar-refractivity contribution in [2.75, 3.05) is 11.9 Å². The number of benzene rings is 1. The van der Waals surface area contributed by atoms with Crippen LogP contribution < -0.4 is 15.4 Å². The molecule has 3 rings (SSSR count). The van der Waals surface area contributed by atoms with Gasteiger partial charge in [-0.05, 0) is 31.5 Å². The number of rotatable bonds is 1. The monoisotopic (exact) mass is 253 g/mol. The van der Waals surface area contributed by atoms with Crippen molar-refractivity contribution in [1.29, 1.82) is 0 Å². The molecule has 5 nitrogen and oxygen atoms in total. The van der Waals surface area contributed by atoms with Gasteiger partial charge in [0.15, 0.2) is 0 Å². The van der Waals surface area contributed by atoms with Gasteiger partial charge in [-0.1, -0.05) is 12.1 Å². The molecule has 2 heterocycles. The van der Waals surface area contributed by atoms with E-state index in [1.54, 1.807) is 18.2 Å². The van der Waals surface area contributed by atoms with Crippen molar-refractivity contribution >= 4 is 15.7 Å². The summed E-state index contributed by atoms with van der Waals surface area (Å²) in [6.07, 6.45) is 1.83. The summed E-state index contributed by atoms with van der Waals surface area (Å²) in [5.74, 6) is 0. The number of nitrogens with one attached hydrogen (secondary N) is 3. The number of para-hydroxylation sites is 1. The summed E-state index contributed by atoms with van der Waals surface area (Å²) in [6, 6.07) is 7.15. The fourth-order valence-electron chi connectivity index (χ4n) is 2.43. The van der Waals surface area contributed by atoms with E-state index in [-0.39, 0.29) is 12.2 Å². The van der Waals surface area contributed by atoms with Crippen LogP contribution in [0.2, 0.25) is 0 Å². The lowest BCUT2D eigenvalue weighted by atomic mass is 10.1. The topological polar surface area (TPSA) is 70.2 Å². The fourth-order valence-corrected chi connectivity index (χ4v) is 3.79. The fraction of sp³-hybridized carbons (Fsp3) is 0.455. The molecule has 1 aromatic rings. The van der Waals surface area contributed by atoms with Gasteiger partial charge in [0.05, 0.1) is 5.69 Å². The largest absolute Gasteiger partial charge is 0.367 e. The third kappa shape index (κ3) is 1.92. The van der Waals surface area contributed by atoms with Gasteiger partial charge in [0.25, 0.3) is 0 Å². The Hall–Kier alpha value is -1.11. The lowest BCUT2D eigenvalue weighted by Gasteiger charge is -2.31. The Labute approximate surface area is 101 Å². The third-order valence-electron chi connectivity index (χ3n) is 3.27. The Morgan fingerprint density at radius 2 is 2.06 bits per heavy atom. The minimum Gasteiger partial charge on any atom is -0.367 e. The standard InChI is InChI=1S/C11H15N3O2S/c15-17(16)10-6-2-1-4-8(10)13-11(14-17)9-5-3-7-12-9/h1-2,4,6,9,11-14H,3,5,7H2/t9-,11+/m1/s1. The van der Waals surface area contributed by atoms with Crippen LogP contribution in [0, 0.1) is 0 Å². The molecule has 2 aliphatic heterocycles. The predicted molar refractivity (Wildman–Crippen MR) is 65.2 cm³/mol. The van der Waals surface area contributed by atoms with Crippen LogP contribution in [-0.2, 0) is 10.0 Å². The highest BCUT2D eigenvalue weighted by molar-refractivity contribution is 7.89. The molecule has 6 heteroatoms. The summed E-state index contributed by atoms with van der Waals surface area (Å²) in [4.78, 5) is 0.328. The average Bonchev–Trinajstić information content (AvgIpc) is 2.81.